The number of fused-ring (bicyclic) bond motifs is 1. The maximum atomic E-state index is 6.01. The average molecular weight is 259 g/mol. The Morgan fingerprint density at radius 2 is 2.00 bits per heavy atom. The van der Waals surface area contributed by atoms with Crippen molar-refractivity contribution in [2.75, 3.05) is 0 Å². The van der Waals surface area contributed by atoms with Crippen molar-refractivity contribution in [1.29, 1.82) is 0 Å². The summed E-state index contributed by atoms with van der Waals surface area (Å²) in [6.07, 6.45) is 3.36. The molecule has 2 rings (SSSR count). The Balaban J connectivity index is 2.37. The fraction of sp³-hybridized carbons (Fsp3) is 0.529. The Labute approximate surface area is 116 Å². The molecule has 1 aromatic heterocycles. The van der Waals surface area contributed by atoms with Crippen LogP contribution in [0.4, 0.5) is 0 Å². The van der Waals surface area contributed by atoms with E-state index in [-0.39, 0.29) is 0 Å². The molecule has 0 fully saturated rings. The minimum Gasteiger partial charge on any atom is -0.459 e. The first kappa shape index (κ1) is 14.1. The van der Waals surface area contributed by atoms with Gasteiger partial charge in [-0.1, -0.05) is 40.2 Å². The molecule has 0 unspecified atom stereocenters. The van der Waals surface area contributed by atoms with Crippen molar-refractivity contribution in [2.45, 2.75) is 59.5 Å². The summed E-state index contributed by atoms with van der Waals surface area (Å²) in [5, 5.41) is 4.74. The largest absolute Gasteiger partial charge is 0.459 e. The predicted molar refractivity (Wildman–Crippen MR) is 81.6 cm³/mol. The number of furan rings is 1. The van der Waals surface area contributed by atoms with Gasteiger partial charge in [0, 0.05) is 17.0 Å². The van der Waals surface area contributed by atoms with E-state index in [1.807, 2.05) is 0 Å². The summed E-state index contributed by atoms with van der Waals surface area (Å²) in [5.41, 5.74) is 3.80. The van der Waals surface area contributed by atoms with Crippen LogP contribution in [0.5, 0.6) is 0 Å². The maximum absolute atomic E-state index is 6.01. The van der Waals surface area contributed by atoms with Crippen molar-refractivity contribution in [3.63, 3.8) is 0 Å². The number of nitrogens with one attached hydrogen (secondary N) is 1. The van der Waals surface area contributed by atoms with Crippen LogP contribution in [0, 0.1) is 0 Å². The average Bonchev–Trinajstić information content (AvgIpc) is 2.73. The van der Waals surface area contributed by atoms with E-state index in [2.05, 4.69) is 51.2 Å². The molecular weight excluding hydrogens is 234 g/mol. The van der Waals surface area contributed by atoms with Gasteiger partial charge in [-0.05, 0) is 30.5 Å². The Morgan fingerprint density at radius 1 is 1.21 bits per heavy atom. The number of hydrogen-bond acceptors (Lipinski definition) is 2. The van der Waals surface area contributed by atoms with Crippen molar-refractivity contribution in [3.8, 4) is 0 Å². The highest BCUT2D eigenvalue weighted by atomic mass is 16.3. The maximum Gasteiger partial charge on any atom is 0.134 e. The molecule has 0 saturated heterocycles. The monoisotopic (exact) mass is 259 g/mol. The second kappa shape index (κ2) is 6.25. The minimum atomic E-state index is 0.480. The van der Waals surface area contributed by atoms with Crippen LogP contribution in [0.25, 0.3) is 11.0 Å². The summed E-state index contributed by atoms with van der Waals surface area (Å²) in [6.45, 7) is 9.56. The smallest absolute Gasteiger partial charge is 0.134 e. The quantitative estimate of drug-likeness (QED) is 0.829. The molecule has 19 heavy (non-hydrogen) atoms. The van der Waals surface area contributed by atoms with Gasteiger partial charge >= 0.3 is 0 Å². The normalized spacial score (nSPS) is 11.6. The summed E-state index contributed by atoms with van der Waals surface area (Å²) in [5.74, 6) is 1.10. The van der Waals surface area contributed by atoms with E-state index in [0.29, 0.717) is 6.04 Å². The molecule has 0 atom stereocenters. The van der Waals surface area contributed by atoms with E-state index in [1.54, 1.807) is 0 Å². The number of aryl methyl sites for hydroxylation is 2. The van der Waals surface area contributed by atoms with E-state index in [9.17, 15) is 0 Å². The summed E-state index contributed by atoms with van der Waals surface area (Å²) in [4.78, 5) is 0. The van der Waals surface area contributed by atoms with Gasteiger partial charge in [0.1, 0.15) is 11.3 Å². The van der Waals surface area contributed by atoms with Crippen molar-refractivity contribution in [1.82, 2.24) is 5.32 Å². The summed E-state index contributed by atoms with van der Waals surface area (Å²) < 4.78 is 6.01. The molecule has 0 spiro atoms. The first-order valence-electron chi connectivity index (χ1n) is 7.42. The molecular formula is C17H25NO. The van der Waals surface area contributed by atoms with Crippen molar-refractivity contribution in [2.24, 2.45) is 0 Å². The van der Waals surface area contributed by atoms with Gasteiger partial charge in [0.2, 0.25) is 0 Å². The zero-order chi connectivity index (χ0) is 13.8. The molecule has 1 aromatic carbocycles. The lowest BCUT2D eigenvalue weighted by Gasteiger charge is -2.06. The first-order valence-corrected chi connectivity index (χ1v) is 7.42. The van der Waals surface area contributed by atoms with Crippen LogP contribution in [0.2, 0.25) is 0 Å². The van der Waals surface area contributed by atoms with Crippen LogP contribution in [-0.2, 0) is 19.4 Å². The lowest BCUT2D eigenvalue weighted by Crippen LogP contribution is -2.22. The summed E-state index contributed by atoms with van der Waals surface area (Å²) in [7, 11) is 0. The molecule has 1 N–H and O–H groups in total. The van der Waals surface area contributed by atoms with Crippen molar-refractivity contribution in [3.05, 3.63) is 35.1 Å². The molecule has 0 radical (unpaired) electrons. The molecule has 0 aliphatic heterocycles. The second-order valence-corrected chi connectivity index (χ2v) is 5.47. The van der Waals surface area contributed by atoms with Crippen LogP contribution in [-0.4, -0.2) is 6.04 Å². The molecule has 0 bridgehead atoms. The lowest BCUT2D eigenvalue weighted by atomic mass is 10.0. The van der Waals surface area contributed by atoms with Gasteiger partial charge in [-0.2, -0.15) is 0 Å². The molecule has 1 heterocycles. The third-order valence-corrected chi connectivity index (χ3v) is 3.50. The first-order chi connectivity index (χ1) is 9.15. The van der Waals surface area contributed by atoms with E-state index < -0.39 is 0 Å². The topological polar surface area (TPSA) is 25.2 Å². The van der Waals surface area contributed by atoms with Crippen LogP contribution < -0.4 is 5.32 Å². The number of benzene rings is 1. The van der Waals surface area contributed by atoms with E-state index in [4.69, 9.17) is 4.42 Å². The number of hydrogen-bond donors (Lipinski definition) is 1. The zero-order valence-corrected chi connectivity index (χ0v) is 12.5. The van der Waals surface area contributed by atoms with Crippen LogP contribution in [0.3, 0.4) is 0 Å². The van der Waals surface area contributed by atoms with E-state index in [0.717, 1.165) is 30.7 Å². The SMILES string of the molecule is CCCc1ccc2oc(CNC(C)C)c(CC)c2c1. The Hall–Kier alpha value is -1.28. The van der Waals surface area contributed by atoms with Crippen molar-refractivity contribution < 1.29 is 4.42 Å². The molecule has 104 valence electrons. The van der Waals surface area contributed by atoms with E-state index in [1.165, 1.54) is 22.9 Å². The third kappa shape index (κ3) is 3.19. The van der Waals surface area contributed by atoms with Crippen LogP contribution in [0.15, 0.2) is 22.6 Å². The van der Waals surface area contributed by atoms with Gasteiger partial charge in [0.05, 0.1) is 6.54 Å². The van der Waals surface area contributed by atoms with Gasteiger partial charge in [-0.3, -0.25) is 0 Å². The van der Waals surface area contributed by atoms with Gasteiger partial charge in [-0.25, -0.2) is 0 Å². The molecule has 0 amide bonds. The third-order valence-electron chi connectivity index (χ3n) is 3.50. The van der Waals surface area contributed by atoms with Crippen molar-refractivity contribution >= 4 is 11.0 Å². The molecule has 2 heteroatoms. The van der Waals surface area contributed by atoms with Gasteiger partial charge in [-0.15, -0.1) is 0 Å². The molecule has 0 aliphatic rings. The summed E-state index contributed by atoms with van der Waals surface area (Å²) >= 11 is 0. The standard InChI is InChI=1S/C17H25NO/c1-5-7-13-8-9-16-15(10-13)14(6-2)17(19-16)11-18-12(3)4/h8-10,12,18H,5-7,11H2,1-4H3. The Morgan fingerprint density at radius 3 is 2.63 bits per heavy atom. The van der Waals surface area contributed by atoms with Crippen LogP contribution in [0.1, 0.15) is 51.0 Å². The second-order valence-electron chi connectivity index (χ2n) is 5.47. The van der Waals surface area contributed by atoms with E-state index >= 15 is 0 Å². The molecule has 0 saturated carbocycles. The lowest BCUT2D eigenvalue weighted by molar-refractivity contribution is 0.483. The fourth-order valence-electron chi connectivity index (χ4n) is 2.52. The Bertz CT molecular complexity index is 539. The number of rotatable bonds is 6. The fourth-order valence-corrected chi connectivity index (χ4v) is 2.52. The predicted octanol–water partition coefficient (Wildman–Crippen LogP) is 4.45. The zero-order valence-electron chi connectivity index (χ0n) is 12.5. The molecule has 2 aromatic rings. The highest BCUT2D eigenvalue weighted by molar-refractivity contribution is 5.83. The summed E-state index contributed by atoms with van der Waals surface area (Å²) in [6, 6.07) is 7.10. The highest BCUT2D eigenvalue weighted by Crippen LogP contribution is 2.28. The molecule has 2 nitrogen and oxygen atoms in total. The molecule has 0 aliphatic carbocycles. The minimum absolute atomic E-state index is 0.480. The Kier molecular flexibility index (Phi) is 4.65. The van der Waals surface area contributed by atoms with Crippen LogP contribution >= 0.6 is 0 Å². The van der Waals surface area contributed by atoms with Gasteiger partial charge in [0.15, 0.2) is 0 Å². The van der Waals surface area contributed by atoms with Gasteiger partial charge in [0.25, 0.3) is 0 Å². The highest BCUT2D eigenvalue weighted by Gasteiger charge is 2.13. The van der Waals surface area contributed by atoms with Gasteiger partial charge < -0.3 is 9.73 Å².